The average molecular weight is 321 g/mol. The first-order chi connectivity index (χ1) is 9.29. The van der Waals surface area contributed by atoms with Crippen LogP contribution in [0.1, 0.15) is 26.3 Å². The summed E-state index contributed by atoms with van der Waals surface area (Å²) in [5.74, 6) is 0. The lowest BCUT2D eigenvalue weighted by molar-refractivity contribution is -0.0850. The lowest BCUT2D eigenvalue weighted by Crippen LogP contribution is -2.41. The van der Waals surface area contributed by atoms with Crippen LogP contribution in [0.5, 0.6) is 0 Å². The van der Waals surface area contributed by atoms with E-state index in [1.54, 1.807) is 24.3 Å². The van der Waals surface area contributed by atoms with Gasteiger partial charge in [0.1, 0.15) is 0 Å². The van der Waals surface area contributed by atoms with Gasteiger partial charge in [0, 0.05) is 10.2 Å². The van der Waals surface area contributed by atoms with Crippen molar-refractivity contribution in [3.8, 4) is 0 Å². The van der Waals surface area contributed by atoms with Gasteiger partial charge in [0.2, 0.25) is 0 Å². The van der Waals surface area contributed by atoms with Gasteiger partial charge in [-0.3, -0.25) is 0 Å². The minimum Gasteiger partial charge on any atom is -0.167 e. The molecule has 0 saturated heterocycles. The van der Waals surface area contributed by atoms with Crippen LogP contribution in [0.15, 0.2) is 29.5 Å². The number of hydrogen-bond acceptors (Lipinski definition) is 0. The van der Waals surface area contributed by atoms with Crippen LogP contribution in [-0.4, -0.2) is 14.3 Å². The number of hydrogen-bond donors (Lipinski definition) is 0. The average Bonchev–Trinajstić information content (AvgIpc) is 2.39. The third-order valence-electron chi connectivity index (χ3n) is 4.07. The number of halogens is 4. The molecule has 1 aromatic rings. The Bertz CT molecular complexity index is 468. The molecule has 0 N–H and O–H groups in total. The molecular formula is C15H20ClF3Si. The Morgan fingerprint density at radius 1 is 1.15 bits per heavy atom. The van der Waals surface area contributed by atoms with Crippen LogP contribution >= 0.6 is 11.6 Å². The minimum absolute atomic E-state index is 0.320. The summed E-state index contributed by atoms with van der Waals surface area (Å²) < 4.78 is 40.5. The van der Waals surface area contributed by atoms with Crippen molar-refractivity contribution in [1.29, 1.82) is 0 Å². The van der Waals surface area contributed by atoms with E-state index in [-0.39, 0.29) is 5.20 Å². The molecule has 0 aromatic heterocycles. The molecule has 0 fully saturated rings. The molecule has 0 saturated carbocycles. The molecule has 1 rings (SSSR count). The highest BCUT2D eigenvalue weighted by Gasteiger charge is 2.46. The highest BCUT2D eigenvalue weighted by Crippen LogP contribution is 2.40. The normalized spacial score (nSPS) is 13.7. The summed E-state index contributed by atoms with van der Waals surface area (Å²) >= 11 is 5.86. The fourth-order valence-electron chi connectivity index (χ4n) is 2.62. The third-order valence-corrected chi connectivity index (χ3v) is 9.93. The zero-order chi connectivity index (χ0) is 15.4. The summed E-state index contributed by atoms with van der Waals surface area (Å²) in [6.07, 6.45) is -2.97. The Morgan fingerprint density at radius 2 is 1.70 bits per heavy atom. The molecule has 0 heterocycles. The van der Waals surface area contributed by atoms with E-state index in [0.29, 0.717) is 28.7 Å². The summed E-state index contributed by atoms with van der Waals surface area (Å²) in [6.45, 7) is 5.62. The summed E-state index contributed by atoms with van der Waals surface area (Å²) in [5.41, 5.74) is 0.525. The molecule has 5 heteroatoms. The molecule has 0 aliphatic heterocycles. The van der Waals surface area contributed by atoms with E-state index in [0.717, 1.165) is 0 Å². The van der Waals surface area contributed by atoms with Gasteiger partial charge in [0.15, 0.2) is 0 Å². The van der Waals surface area contributed by atoms with Gasteiger partial charge in [-0.2, -0.15) is 13.2 Å². The maximum absolute atomic E-state index is 13.5. The van der Waals surface area contributed by atoms with Crippen LogP contribution in [0.25, 0.3) is 6.08 Å². The van der Waals surface area contributed by atoms with Crippen molar-refractivity contribution in [3.05, 3.63) is 40.0 Å². The maximum atomic E-state index is 13.5. The van der Waals surface area contributed by atoms with E-state index in [2.05, 4.69) is 0 Å². The molecule has 0 radical (unpaired) electrons. The third kappa shape index (κ3) is 3.89. The first-order valence-electron chi connectivity index (χ1n) is 6.84. The summed E-state index contributed by atoms with van der Waals surface area (Å²) in [7, 11) is -2.49. The lowest BCUT2D eigenvalue weighted by Gasteiger charge is -2.32. The molecule has 20 heavy (non-hydrogen) atoms. The number of alkyl halides is 3. The van der Waals surface area contributed by atoms with E-state index in [9.17, 15) is 13.2 Å². The zero-order valence-electron chi connectivity index (χ0n) is 12.0. The van der Waals surface area contributed by atoms with Crippen molar-refractivity contribution in [2.75, 3.05) is 0 Å². The number of rotatable bonds is 5. The van der Waals surface area contributed by atoms with Gasteiger partial charge < -0.3 is 0 Å². The summed E-state index contributed by atoms with van der Waals surface area (Å²) in [4.78, 5) is 0. The minimum atomic E-state index is -4.27. The second-order valence-electron chi connectivity index (χ2n) is 4.95. The fraction of sp³-hybridized carbons (Fsp3) is 0.467. The van der Waals surface area contributed by atoms with Crippen LogP contribution in [0.4, 0.5) is 13.2 Å². The molecule has 0 nitrogen and oxygen atoms in total. The summed E-state index contributed by atoms with van der Waals surface area (Å²) in [5, 5.41) is 0.136. The Morgan fingerprint density at radius 3 is 2.10 bits per heavy atom. The second kappa shape index (κ2) is 6.81. The van der Waals surface area contributed by atoms with Crippen LogP contribution in [0.3, 0.4) is 0 Å². The maximum Gasteiger partial charge on any atom is 0.409 e. The first kappa shape index (κ1) is 17.3. The van der Waals surface area contributed by atoms with E-state index in [1.807, 2.05) is 20.8 Å². The van der Waals surface area contributed by atoms with E-state index < -0.39 is 14.3 Å². The van der Waals surface area contributed by atoms with E-state index in [1.165, 1.54) is 6.08 Å². The molecule has 0 aliphatic rings. The molecule has 0 bridgehead atoms. The van der Waals surface area contributed by atoms with Crippen LogP contribution in [0.2, 0.25) is 23.2 Å². The van der Waals surface area contributed by atoms with Gasteiger partial charge in [0.05, 0.1) is 8.07 Å². The van der Waals surface area contributed by atoms with Crippen molar-refractivity contribution in [2.24, 2.45) is 0 Å². The monoisotopic (exact) mass is 320 g/mol. The molecular weight excluding hydrogens is 301 g/mol. The first-order valence-corrected chi connectivity index (χ1v) is 9.84. The van der Waals surface area contributed by atoms with Gasteiger partial charge >= 0.3 is 6.18 Å². The predicted molar refractivity (Wildman–Crippen MR) is 82.7 cm³/mol. The van der Waals surface area contributed by atoms with Crippen molar-refractivity contribution in [2.45, 2.75) is 45.1 Å². The Kier molecular flexibility index (Phi) is 5.89. The number of benzene rings is 1. The zero-order valence-corrected chi connectivity index (χ0v) is 13.8. The van der Waals surface area contributed by atoms with E-state index >= 15 is 0 Å². The van der Waals surface area contributed by atoms with E-state index in [4.69, 9.17) is 11.6 Å². The van der Waals surface area contributed by atoms with Gasteiger partial charge in [0.25, 0.3) is 0 Å². The van der Waals surface area contributed by atoms with Crippen LogP contribution in [0, 0.1) is 0 Å². The highest BCUT2D eigenvalue weighted by molar-refractivity contribution is 6.87. The van der Waals surface area contributed by atoms with Crippen molar-refractivity contribution in [3.63, 3.8) is 0 Å². The smallest absolute Gasteiger partial charge is 0.167 e. The van der Waals surface area contributed by atoms with Gasteiger partial charge in [-0.1, -0.05) is 68.7 Å². The van der Waals surface area contributed by atoms with Gasteiger partial charge in [-0.15, -0.1) is 0 Å². The fourth-order valence-corrected chi connectivity index (χ4v) is 6.54. The van der Waals surface area contributed by atoms with Crippen LogP contribution in [-0.2, 0) is 0 Å². The molecule has 1 aromatic carbocycles. The summed E-state index contributed by atoms with van der Waals surface area (Å²) in [6, 6.07) is 8.39. The van der Waals surface area contributed by atoms with Gasteiger partial charge in [-0.25, -0.2) is 0 Å². The molecule has 0 atom stereocenters. The lowest BCUT2D eigenvalue weighted by atomic mass is 10.2. The highest BCUT2D eigenvalue weighted by atomic mass is 35.5. The quantitative estimate of drug-likeness (QED) is 0.556. The Hall–Kier alpha value is -0.743. The Balaban J connectivity index is 3.40. The van der Waals surface area contributed by atoms with Crippen LogP contribution < -0.4 is 0 Å². The second-order valence-corrected chi connectivity index (χ2v) is 10.6. The number of allylic oxidation sites excluding steroid dienone is 1. The predicted octanol–water partition coefficient (Wildman–Crippen LogP) is 6.33. The SMILES string of the molecule is CC[Si](CC)(CC)/C(=C/c1cccc(Cl)c1)C(F)(F)F. The standard InChI is InChI=1S/C15H20ClF3Si/c1-4-20(5-2,6-3)14(15(17,18)19)11-12-8-7-9-13(16)10-12/h7-11H,4-6H2,1-3H3/b14-11+. The molecule has 0 spiro atoms. The topological polar surface area (TPSA) is 0 Å². The largest absolute Gasteiger partial charge is 0.409 e. The molecule has 0 aliphatic carbocycles. The molecule has 112 valence electrons. The molecule has 0 amide bonds. The van der Waals surface area contributed by atoms with Gasteiger partial charge in [-0.05, 0) is 17.7 Å². The van der Waals surface area contributed by atoms with Crippen molar-refractivity contribution >= 4 is 25.8 Å². The van der Waals surface area contributed by atoms with Crippen molar-refractivity contribution in [1.82, 2.24) is 0 Å². The van der Waals surface area contributed by atoms with Crippen molar-refractivity contribution < 1.29 is 13.2 Å². The Labute approximate surface area is 124 Å². The molecule has 0 unspecified atom stereocenters.